The molecule has 0 aliphatic heterocycles. The number of hydrogen-bond acceptors (Lipinski definition) is 2. The average Bonchev–Trinajstić information content (AvgIpc) is 2.68. The summed E-state index contributed by atoms with van der Waals surface area (Å²) < 4.78 is 15.4. The van der Waals surface area contributed by atoms with E-state index in [1.54, 1.807) is 10.7 Å². The van der Waals surface area contributed by atoms with E-state index < -0.39 is 0 Å². The van der Waals surface area contributed by atoms with Crippen molar-refractivity contribution >= 4 is 0 Å². The van der Waals surface area contributed by atoms with Crippen molar-refractivity contribution in [1.82, 2.24) is 15.0 Å². The van der Waals surface area contributed by atoms with Gasteiger partial charge < -0.3 is 0 Å². The van der Waals surface area contributed by atoms with Gasteiger partial charge in [0.15, 0.2) is 0 Å². The van der Waals surface area contributed by atoms with E-state index in [1.807, 2.05) is 33.2 Å². The van der Waals surface area contributed by atoms with Gasteiger partial charge in [-0.3, -0.25) is 4.68 Å². The number of aromatic nitrogens is 3. The topological polar surface area (TPSA) is 30.7 Å². The molecule has 2 aromatic rings. The van der Waals surface area contributed by atoms with E-state index in [0.717, 1.165) is 22.4 Å². The summed E-state index contributed by atoms with van der Waals surface area (Å²) in [6, 6.07) is 3.52. The van der Waals surface area contributed by atoms with Crippen LogP contribution in [0.1, 0.15) is 22.4 Å². The summed E-state index contributed by atoms with van der Waals surface area (Å²) in [7, 11) is 1.83. The normalized spacial score (nSPS) is 10.8. The highest BCUT2D eigenvalue weighted by molar-refractivity contribution is 5.31. The molecular formula is C13H16FN3. The van der Waals surface area contributed by atoms with Gasteiger partial charge in [-0.25, -0.2) is 4.39 Å². The number of benzene rings is 1. The Morgan fingerprint density at radius 1 is 1.18 bits per heavy atom. The van der Waals surface area contributed by atoms with Crippen LogP contribution in [0.3, 0.4) is 0 Å². The van der Waals surface area contributed by atoms with Gasteiger partial charge in [0.05, 0.1) is 5.69 Å². The molecule has 0 aliphatic carbocycles. The first-order chi connectivity index (χ1) is 8.06. The van der Waals surface area contributed by atoms with Crippen molar-refractivity contribution in [2.45, 2.75) is 26.7 Å². The lowest BCUT2D eigenvalue weighted by atomic mass is 10.0. The minimum Gasteiger partial charge on any atom is -0.255 e. The molecule has 0 saturated carbocycles. The van der Waals surface area contributed by atoms with Gasteiger partial charge in [-0.05, 0) is 49.4 Å². The van der Waals surface area contributed by atoms with Crippen LogP contribution in [-0.4, -0.2) is 15.0 Å². The van der Waals surface area contributed by atoms with Crippen LogP contribution in [0.5, 0.6) is 0 Å². The Balaban J connectivity index is 2.11. The summed E-state index contributed by atoms with van der Waals surface area (Å²) in [5.74, 6) is -0.128. The fourth-order valence-corrected chi connectivity index (χ4v) is 1.80. The lowest BCUT2D eigenvalue weighted by Crippen LogP contribution is -1.97. The Kier molecular flexibility index (Phi) is 3.22. The molecule has 0 fully saturated rings. The van der Waals surface area contributed by atoms with E-state index in [9.17, 15) is 4.39 Å². The molecule has 17 heavy (non-hydrogen) atoms. The highest BCUT2D eigenvalue weighted by atomic mass is 19.1. The van der Waals surface area contributed by atoms with Crippen LogP contribution in [0.25, 0.3) is 0 Å². The van der Waals surface area contributed by atoms with Gasteiger partial charge in [0, 0.05) is 13.2 Å². The second-order valence-electron chi connectivity index (χ2n) is 4.41. The molecule has 1 heterocycles. The standard InChI is InChI=1S/C13H16FN3/c1-9-6-11(13(14)7-10(9)2)4-5-12-8-17(3)16-15-12/h6-8H,4-5H2,1-3H3. The Bertz CT molecular complexity index is 531. The van der Waals surface area contributed by atoms with Gasteiger partial charge >= 0.3 is 0 Å². The van der Waals surface area contributed by atoms with Gasteiger partial charge in [0.25, 0.3) is 0 Å². The van der Waals surface area contributed by atoms with Gasteiger partial charge in [-0.1, -0.05) is 11.3 Å². The molecule has 0 saturated heterocycles. The molecule has 3 nitrogen and oxygen atoms in total. The van der Waals surface area contributed by atoms with Crippen molar-refractivity contribution in [3.8, 4) is 0 Å². The molecule has 0 N–H and O–H groups in total. The molecule has 0 aliphatic rings. The van der Waals surface area contributed by atoms with Gasteiger partial charge in [-0.2, -0.15) is 0 Å². The maximum absolute atomic E-state index is 13.7. The lowest BCUT2D eigenvalue weighted by Gasteiger charge is -2.06. The van der Waals surface area contributed by atoms with Crippen molar-refractivity contribution in [2.75, 3.05) is 0 Å². The first kappa shape index (κ1) is 11.8. The van der Waals surface area contributed by atoms with Crippen LogP contribution < -0.4 is 0 Å². The fourth-order valence-electron chi connectivity index (χ4n) is 1.80. The molecular weight excluding hydrogens is 217 g/mol. The number of halogens is 1. The van der Waals surface area contributed by atoms with Crippen LogP contribution in [0.15, 0.2) is 18.3 Å². The molecule has 0 amide bonds. The average molecular weight is 233 g/mol. The summed E-state index contributed by atoms with van der Waals surface area (Å²) in [6.07, 6.45) is 3.23. The third-order valence-electron chi connectivity index (χ3n) is 2.96. The molecule has 0 atom stereocenters. The maximum Gasteiger partial charge on any atom is 0.126 e. The van der Waals surface area contributed by atoms with Crippen LogP contribution in [0.2, 0.25) is 0 Å². The Hall–Kier alpha value is -1.71. The molecule has 2 rings (SSSR count). The predicted octanol–water partition coefficient (Wildman–Crippen LogP) is 2.36. The van der Waals surface area contributed by atoms with Gasteiger partial charge in [0.2, 0.25) is 0 Å². The van der Waals surface area contributed by atoms with Crippen molar-refractivity contribution in [1.29, 1.82) is 0 Å². The highest BCUT2D eigenvalue weighted by Crippen LogP contribution is 2.16. The monoisotopic (exact) mass is 233 g/mol. The van der Waals surface area contributed by atoms with Crippen molar-refractivity contribution in [3.05, 3.63) is 46.5 Å². The quantitative estimate of drug-likeness (QED) is 0.814. The second kappa shape index (κ2) is 4.65. The molecule has 0 spiro atoms. The Morgan fingerprint density at radius 3 is 2.53 bits per heavy atom. The molecule has 4 heteroatoms. The Morgan fingerprint density at radius 2 is 1.88 bits per heavy atom. The SMILES string of the molecule is Cc1cc(F)c(CCc2cn(C)nn2)cc1C. The van der Waals surface area contributed by atoms with Crippen molar-refractivity contribution in [2.24, 2.45) is 7.05 Å². The highest BCUT2D eigenvalue weighted by Gasteiger charge is 2.06. The van der Waals surface area contributed by atoms with Crippen LogP contribution in [0.4, 0.5) is 4.39 Å². The zero-order chi connectivity index (χ0) is 12.4. The van der Waals surface area contributed by atoms with Gasteiger partial charge in [0.1, 0.15) is 5.82 Å². The van der Waals surface area contributed by atoms with Crippen LogP contribution in [-0.2, 0) is 19.9 Å². The Labute approximate surface area is 100 Å². The first-order valence-corrected chi connectivity index (χ1v) is 5.67. The fraction of sp³-hybridized carbons (Fsp3) is 0.385. The third kappa shape index (κ3) is 2.70. The number of hydrogen-bond donors (Lipinski definition) is 0. The third-order valence-corrected chi connectivity index (χ3v) is 2.96. The van der Waals surface area contributed by atoms with E-state index in [0.29, 0.717) is 12.8 Å². The number of aryl methyl sites for hydroxylation is 5. The van der Waals surface area contributed by atoms with E-state index in [-0.39, 0.29) is 5.82 Å². The second-order valence-corrected chi connectivity index (χ2v) is 4.41. The zero-order valence-electron chi connectivity index (χ0n) is 10.4. The van der Waals surface area contributed by atoms with E-state index in [1.165, 1.54) is 0 Å². The summed E-state index contributed by atoms with van der Waals surface area (Å²) in [5.41, 5.74) is 3.76. The smallest absolute Gasteiger partial charge is 0.126 e. The minimum absolute atomic E-state index is 0.128. The summed E-state index contributed by atoms with van der Waals surface area (Å²) in [6.45, 7) is 3.92. The van der Waals surface area contributed by atoms with E-state index >= 15 is 0 Å². The molecule has 90 valence electrons. The van der Waals surface area contributed by atoms with Crippen molar-refractivity contribution in [3.63, 3.8) is 0 Å². The zero-order valence-corrected chi connectivity index (χ0v) is 10.4. The lowest BCUT2D eigenvalue weighted by molar-refractivity contribution is 0.606. The maximum atomic E-state index is 13.7. The summed E-state index contributed by atoms with van der Waals surface area (Å²) in [5, 5.41) is 7.85. The molecule has 1 aromatic heterocycles. The van der Waals surface area contributed by atoms with E-state index in [2.05, 4.69) is 10.3 Å². The van der Waals surface area contributed by atoms with Crippen LogP contribution >= 0.6 is 0 Å². The molecule has 1 aromatic carbocycles. The number of rotatable bonds is 3. The molecule has 0 unspecified atom stereocenters. The predicted molar refractivity (Wildman–Crippen MR) is 64.3 cm³/mol. The van der Waals surface area contributed by atoms with Gasteiger partial charge in [-0.15, -0.1) is 5.10 Å². The van der Waals surface area contributed by atoms with Crippen molar-refractivity contribution < 1.29 is 4.39 Å². The summed E-state index contributed by atoms with van der Waals surface area (Å²) in [4.78, 5) is 0. The molecule has 0 radical (unpaired) electrons. The number of nitrogens with zero attached hydrogens (tertiary/aromatic N) is 3. The van der Waals surface area contributed by atoms with E-state index in [4.69, 9.17) is 0 Å². The first-order valence-electron chi connectivity index (χ1n) is 5.67. The van der Waals surface area contributed by atoms with Crippen LogP contribution in [0, 0.1) is 19.7 Å². The largest absolute Gasteiger partial charge is 0.255 e. The minimum atomic E-state index is -0.128. The molecule has 0 bridgehead atoms. The summed E-state index contributed by atoms with van der Waals surface area (Å²) >= 11 is 0.